The number of carbonyl (C=O) groups excluding carboxylic acids is 1. The molecule has 0 N–H and O–H groups in total. The van der Waals surface area contributed by atoms with Crippen LogP contribution in [0.5, 0.6) is 11.5 Å². The molecule has 0 radical (unpaired) electrons. The molecule has 1 amide bonds. The number of fused-ring (bicyclic) bond motifs is 4. The Bertz CT molecular complexity index is 1500. The van der Waals surface area contributed by atoms with Crippen molar-refractivity contribution in [1.29, 1.82) is 0 Å². The molecule has 1 aromatic carbocycles. The molecule has 35 heavy (non-hydrogen) atoms. The molecule has 6 rings (SSSR count). The highest BCUT2D eigenvalue weighted by Gasteiger charge is 2.46. The van der Waals surface area contributed by atoms with Crippen LogP contribution in [0.25, 0.3) is 11.0 Å². The smallest absolute Gasteiger partial charge is 0.332 e. The van der Waals surface area contributed by atoms with Gasteiger partial charge in [0.25, 0.3) is 11.5 Å². The Hall–Kier alpha value is -3.62. The van der Waals surface area contributed by atoms with Crippen molar-refractivity contribution in [3.8, 4) is 11.5 Å². The van der Waals surface area contributed by atoms with Gasteiger partial charge >= 0.3 is 5.69 Å². The molecule has 1 atom stereocenters. The molecule has 9 heteroatoms. The monoisotopic (exact) mass is 476 g/mol. The van der Waals surface area contributed by atoms with Crippen molar-refractivity contribution in [2.45, 2.75) is 44.1 Å². The summed E-state index contributed by atoms with van der Waals surface area (Å²) in [6, 6.07) is 5.56. The molecule has 0 bridgehead atoms. The maximum Gasteiger partial charge on any atom is 0.332 e. The number of amides is 1. The summed E-state index contributed by atoms with van der Waals surface area (Å²) in [5, 5.41) is 0.251. The minimum Gasteiger partial charge on any atom is -0.486 e. The van der Waals surface area contributed by atoms with Gasteiger partial charge in [-0.2, -0.15) is 0 Å². The first-order valence-corrected chi connectivity index (χ1v) is 12.1. The minimum absolute atomic E-state index is 0.127. The van der Waals surface area contributed by atoms with Crippen molar-refractivity contribution >= 4 is 16.9 Å². The lowest BCUT2D eigenvalue weighted by molar-refractivity contribution is 0.0593. The van der Waals surface area contributed by atoms with Crippen LogP contribution in [-0.4, -0.2) is 44.7 Å². The van der Waals surface area contributed by atoms with Crippen molar-refractivity contribution in [2.24, 2.45) is 14.1 Å². The lowest BCUT2D eigenvalue weighted by atomic mass is 9.71. The summed E-state index contributed by atoms with van der Waals surface area (Å²) in [5.74, 6) is 1.34. The number of hydrogen-bond donors (Lipinski definition) is 0. The van der Waals surface area contributed by atoms with E-state index in [2.05, 4.69) is 11.1 Å². The van der Waals surface area contributed by atoms with E-state index in [1.54, 1.807) is 13.1 Å². The normalized spacial score (nSPS) is 20.3. The van der Waals surface area contributed by atoms with Gasteiger partial charge in [0, 0.05) is 32.3 Å². The third-order valence-corrected chi connectivity index (χ3v) is 8.04. The van der Waals surface area contributed by atoms with Gasteiger partial charge in [0.05, 0.1) is 17.0 Å². The molecule has 2 aromatic heterocycles. The zero-order chi connectivity index (χ0) is 24.5. The fraction of sp³-hybridized carbons (Fsp3) is 0.462. The number of nitrogens with zero attached hydrogens (tertiary/aromatic N) is 4. The van der Waals surface area contributed by atoms with Crippen molar-refractivity contribution in [2.75, 3.05) is 19.8 Å². The maximum atomic E-state index is 13.9. The van der Waals surface area contributed by atoms with Gasteiger partial charge in [-0.25, -0.2) is 9.78 Å². The highest BCUT2D eigenvalue weighted by atomic mass is 16.6. The van der Waals surface area contributed by atoms with Crippen LogP contribution >= 0.6 is 0 Å². The number of ether oxygens (including phenoxy) is 2. The summed E-state index contributed by atoms with van der Waals surface area (Å²) in [4.78, 5) is 45.2. The topological polar surface area (TPSA) is 95.7 Å². The van der Waals surface area contributed by atoms with Crippen molar-refractivity contribution in [3.05, 3.63) is 61.9 Å². The Morgan fingerprint density at radius 1 is 1.03 bits per heavy atom. The van der Waals surface area contributed by atoms with Gasteiger partial charge in [-0.1, -0.05) is 12.8 Å². The van der Waals surface area contributed by atoms with Crippen LogP contribution in [-0.2, 0) is 19.5 Å². The summed E-state index contributed by atoms with van der Waals surface area (Å²) in [7, 11) is 3.00. The second-order valence-corrected chi connectivity index (χ2v) is 9.98. The number of carbonyl (C=O) groups is 1. The summed E-state index contributed by atoms with van der Waals surface area (Å²) in [6.45, 7) is 3.68. The molecule has 1 saturated carbocycles. The van der Waals surface area contributed by atoms with E-state index < -0.39 is 11.2 Å². The number of hydrogen-bond acceptors (Lipinski definition) is 6. The second kappa shape index (κ2) is 7.69. The van der Waals surface area contributed by atoms with E-state index in [1.165, 1.54) is 23.4 Å². The number of rotatable bonds is 1. The zero-order valence-corrected chi connectivity index (χ0v) is 20.2. The van der Waals surface area contributed by atoms with Crippen molar-refractivity contribution < 1.29 is 14.3 Å². The van der Waals surface area contributed by atoms with Crippen LogP contribution in [0, 0.1) is 0 Å². The van der Waals surface area contributed by atoms with Gasteiger partial charge in [-0.3, -0.25) is 18.7 Å². The van der Waals surface area contributed by atoms with E-state index in [-0.39, 0.29) is 28.4 Å². The van der Waals surface area contributed by atoms with Crippen LogP contribution in [0.2, 0.25) is 0 Å². The van der Waals surface area contributed by atoms with Crippen LogP contribution in [0.1, 0.15) is 60.1 Å². The number of pyridine rings is 1. The average molecular weight is 477 g/mol. The number of benzene rings is 1. The lowest BCUT2D eigenvalue weighted by Crippen LogP contribution is -2.48. The second-order valence-electron chi connectivity index (χ2n) is 9.98. The molecular weight excluding hydrogens is 448 g/mol. The molecule has 4 heterocycles. The molecule has 1 fully saturated rings. The van der Waals surface area contributed by atoms with Gasteiger partial charge in [0.2, 0.25) is 0 Å². The molecule has 1 unspecified atom stereocenters. The van der Waals surface area contributed by atoms with Crippen LogP contribution in [0.3, 0.4) is 0 Å². The Morgan fingerprint density at radius 3 is 2.43 bits per heavy atom. The third kappa shape index (κ3) is 3.13. The largest absolute Gasteiger partial charge is 0.486 e. The predicted molar refractivity (Wildman–Crippen MR) is 129 cm³/mol. The van der Waals surface area contributed by atoms with Crippen molar-refractivity contribution in [1.82, 2.24) is 19.0 Å². The Balaban J connectivity index is 1.46. The van der Waals surface area contributed by atoms with Crippen LogP contribution in [0.4, 0.5) is 0 Å². The highest BCUT2D eigenvalue weighted by Crippen LogP contribution is 2.52. The molecule has 2 aliphatic heterocycles. The van der Waals surface area contributed by atoms with E-state index >= 15 is 0 Å². The van der Waals surface area contributed by atoms with E-state index in [0.29, 0.717) is 25.3 Å². The van der Waals surface area contributed by atoms with Gasteiger partial charge in [0.15, 0.2) is 11.5 Å². The fourth-order valence-electron chi connectivity index (χ4n) is 6.10. The fourth-order valence-corrected chi connectivity index (χ4v) is 6.10. The number of aromatic nitrogens is 3. The summed E-state index contributed by atoms with van der Waals surface area (Å²) >= 11 is 0. The zero-order valence-electron chi connectivity index (χ0n) is 20.2. The molecule has 3 aliphatic rings. The molecule has 3 aromatic rings. The molecule has 1 aliphatic carbocycles. The van der Waals surface area contributed by atoms with Crippen LogP contribution < -0.4 is 20.7 Å². The lowest BCUT2D eigenvalue weighted by Gasteiger charge is -2.46. The molecule has 182 valence electrons. The molecule has 0 saturated heterocycles. The van der Waals surface area contributed by atoms with Gasteiger partial charge in [-0.05, 0) is 49.1 Å². The van der Waals surface area contributed by atoms with E-state index in [9.17, 15) is 14.4 Å². The Morgan fingerprint density at radius 2 is 1.71 bits per heavy atom. The Kier molecular flexibility index (Phi) is 4.81. The van der Waals surface area contributed by atoms with Crippen molar-refractivity contribution in [3.63, 3.8) is 0 Å². The van der Waals surface area contributed by atoms with Gasteiger partial charge in [0.1, 0.15) is 18.9 Å². The van der Waals surface area contributed by atoms with E-state index in [4.69, 9.17) is 9.47 Å². The van der Waals surface area contributed by atoms with Gasteiger partial charge in [-0.15, -0.1) is 0 Å². The third-order valence-electron chi connectivity index (χ3n) is 8.04. The Labute approximate surface area is 201 Å². The van der Waals surface area contributed by atoms with Crippen LogP contribution in [0.15, 0.2) is 34.0 Å². The first kappa shape index (κ1) is 21.9. The SMILES string of the molecule is CC1c2cc3c(cc2C2(CCCC2)CN1C(=O)c1cnc2c(c1)c(=O)n(C)c(=O)n2C)OCCO3. The first-order valence-electron chi connectivity index (χ1n) is 12.1. The van der Waals surface area contributed by atoms with Gasteiger partial charge < -0.3 is 14.4 Å². The minimum atomic E-state index is -0.460. The summed E-state index contributed by atoms with van der Waals surface area (Å²) in [5.41, 5.74) is 1.92. The first-order chi connectivity index (χ1) is 16.8. The average Bonchev–Trinajstić information content (AvgIpc) is 3.36. The molecule has 1 spiro atoms. The molecule has 9 nitrogen and oxygen atoms in total. The number of aryl methyl sites for hydroxylation is 1. The predicted octanol–water partition coefficient (Wildman–Crippen LogP) is 2.43. The summed E-state index contributed by atoms with van der Waals surface area (Å²) in [6.07, 6.45) is 5.72. The molecular formula is C26H28N4O5. The standard InChI is InChI=1S/C26H28N4O5/c1-15-17-11-20-21(35-9-8-34-20)12-19(17)26(6-4-5-7-26)14-30(15)23(31)16-10-18-22(27-13-16)28(2)25(33)29(3)24(18)32/h10-13,15H,4-9,14H2,1-3H3. The summed E-state index contributed by atoms with van der Waals surface area (Å²) < 4.78 is 14.1. The van der Waals surface area contributed by atoms with E-state index in [0.717, 1.165) is 47.3 Å². The van der Waals surface area contributed by atoms with E-state index in [1.807, 2.05) is 17.9 Å². The quantitative estimate of drug-likeness (QED) is 0.535. The maximum absolute atomic E-state index is 13.9. The highest BCUT2D eigenvalue weighted by molar-refractivity contribution is 5.97.